The lowest BCUT2D eigenvalue weighted by molar-refractivity contribution is -0.384. The summed E-state index contributed by atoms with van der Waals surface area (Å²) in [6.45, 7) is 2.20. The lowest BCUT2D eigenvalue weighted by atomic mass is 10.1. The highest BCUT2D eigenvalue weighted by Gasteiger charge is 2.11. The smallest absolute Gasteiger partial charge is 0.269 e. The molecule has 1 atom stereocenters. The van der Waals surface area contributed by atoms with Gasteiger partial charge in [-0.25, -0.2) is 4.39 Å². The molecule has 2 aromatic rings. The third-order valence-corrected chi connectivity index (χ3v) is 3.14. The van der Waals surface area contributed by atoms with E-state index in [0.29, 0.717) is 12.1 Å². The highest BCUT2D eigenvalue weighted by atomic mass is 19.1. The maximum atomic E-state index is 13.2. The van der Waals surface area contributed by atoms with Crippen LogP contribution in [0.4, 0.5) is 10.1 Å². The van der Waals surface area contributed by atoms with Crippen molar-refractivity contribution >= 4 is 5.69 Å². The van der Waals surface area contributed by atoms with Gasteiger partial charge in [0.15, 0.2) is 0 Å². The van der Waals surface area contributed by atoms with Gasteiger partial charge in [-0.2, -0.15) is 0 Å². The van der Waals surface area contributed by atoms with Gasteiger partial charge >= 0.3 is 0 Å². The second-order valence-corrected chi connectivity index (χ2v) is 4.77. The predicted molar refractivity (Wildman–Crippen MR) is 76.4 cm³/mol. The summed E-state index contributed by atoms with van der Waals surface area (Å²) in [4.78, 5) is 10.3. The fourth-order valence-electron chi connectivity index (χ4n) is 2.03. The molecule has 0 saturated heterocycles. The molecule has 2 N–H and O–H groups in total. The van der Waals surface area contributed by atoms with Crippen molar-refractivity contribution in [3.63, 3.8) is 0 Å². The Balaban J connectivity index is 2.06. The van der Waals surface area contributed by atoms with Gasteiger partial charge in [0.1, 0.15) is 11.6 Å². The topological polar surface area (TPSA) is 75.4 Å². The molecule has 0 heterocycles. The lowest BCUT2D eigenvalue weighted by Gasteiger charge is -2.14. The molecule has 2 rings (SSSR count). The Kier molecular flexibility index (Phi) is 4.49. The van der Waals surface area contributed by atoms with E-state index in [-0.39, 0.29) is 17.5 Å². The number of non-ortho nitro benzene ring substituents is 1. The Morgan fingerprint density at radius 2 is 2.10 bits per heavy atom. The van der Waals surface area contributed by atoms with Crippen LogP contribution in [0.3, 0.4) is 0 Å². The summed E-state index contributed by atoms with van der Waals surface area (Å²) < 4.78 is 13.2. The van der Waals surface area contributed by atoms with Crippen LogP contribution < -0.4 is 5.32 Å². The maximum Gasteiger partial charge on any atom is 0.269 e. The van der Waals surface area contributed by atoms with Crippen molar-refractivity contribution in [2.75, 3.05) is 0 Å². The summed E-state index contributed by atoms with van der Waals surface area (Å²) in [6.07, 6.45) is 0. The van der Waals surface area contributed by atoms with Gasteiger partial charge in [-0.3, -0.25) is 10.1 Å². The van der Waals surface area contributed by atoms with E-state index in [2.05, 4.69) is 5.32 Å². The van der Waals surface area contributed by atoms with Crippen LogP contribution in [0.25, 0.3) is 0 Å². The number of phenols is 1. The minimum absolute atomic E-state index is 0.0320. The van der Waals surface area contributed by atoms with E-state index in [9.17, 15) is 19.6 Å². The van der Waals surface area contributed by atoms with Crippen LogP contribution in [0, 0.1) is 15.9 Å². The number of phenolic OH excluding ortho intramolecular Hbond substituents is 1. The first-order chi connectivity index (χ1) is 9.95. The number of rotatable bonds is 5. The van der Waals surface area contributed by atoms with E-state index in [4.69, 9.17) is 0 Å². The summed E-state index contributed by atoms with van der Waals surface area (Å²) in [5.41, 5.74) is 1.40. The Morgan fingerprint density at radius 1 is 1.33 bits per heavy atom. The molecule has 0 spiro atoms. The fourth-order valence-corrected chi connectivity index (χ4v) is 2.03. The van der Waals surface area contributed by atoms with Gasteiger partial charge in [-0.05, 0) is 30.2 Å². The summed E-state index contributed by atoms with van der Waals surface area (Å²) >= 11 is 0. The van der Waals surface area contributed by atoms with Crippen molar-refractivity contribution in [1.29, 1.82) is 0 Å². The molecule has 0 aliphatic rings. The molecule has 110 valence electrons. The van der Waals surface area contributed by atoms with Crippen LogP contribution >= 0.6 is 0 Å². The molecule has 6 heteroatoms. The fraction of sp³-hybridized carbons (Fsp3) is 0.200. The molecule has 0 amide bonds. The highest BCUT2D eigenvalue weighted by Crippen LogP contribution is 2.20. The van der Waals surface area contributed by atoms with Gasteiger partial charge in [0.05, 0.1) is 4.92 Å². The van der Waals surface area contributed by atoms with Crippen LogP contribution in [-0.2, 0) is 6.54 Å². The van der Waals surface area contributed by atoms with Crippen molar-refractivity contribution < 1.29 is 14.4 Å². The second kappa shape index (κ2) is 6.32. The molecule has 5 nitrogen and oxygen atoms in total. The standard InChI is InChI=1S/C15H15FN2O3/c1-10(12-3-2-4-14(7-12)18(20)21)17-9-11-5-13(16)8-15(19)6-11/h2-8,10,17,19H,9H2,1H3. The van der Waals surface area contributed by atoms with Crippen LogP contribution in [0.2, 0.25) is 0 Å². The zero-order valence-corrected chi connectivity index (χ0v) is 11.4. The number of nitro groups is 1. The summed E-state index contributed by atoms with van der Waals surface area (Å²) in [6, 6.07) is 10.0. The number of nitrogens with zero attached hydrogens (tertiary/aromatic N) is 1. The Labute approximate surface area is 121 Å². The Bertz CT molecular complexity index is 641. The molecule has 21 heavy (non-hydrogen) atoms. The SMILES string of the molecule is CC(NCc1cc(O)cc(F)c1)c1cccc([N+](=O)[O-])c1. The van der Waals surface area contributed by atoms with Crippen molar-refractivity contribution in [1.82, 2.24) is 5.32 Å². The van der Waals surface area contributed by atoms with Crippen LogP contribution in [0.5, 0.6) is 5.75 Å². The van der Waals surface area contributed by atoms with Crippen LogP contribution in [0.1, 0.15) is 24.1 Å². The van der Waals surface area contributed by atoms with Crippen LogP contribution in [0.15, 0.2) is 42.5 Å². The Hall–Kier alpha value is -2.47. The van der Waals surface area contributed by atoms with Gasteiger partial charge in [0, 0.05) is 30.8 Å². The van der Waals surface area contributed by atoms with Crippen molar-refractivity contribution in [2.24, 2.45) is 0 Å². The number of benzene rings is 2. The van der Waals surface area contributed by atoms with Gasteiger partial charge in [-0.15, -0.1) is 0 Å². The lowest BCUT2D eigenvalue weighted by Crippen LogP contribution is -2.18. The summed E-state index contributed by atoms with van der Waals surface area (Å²) in [5.74, 6) is -0.635. The summed E-state index contributed by atoms with van der Waals surface area (Å²) in [7, 11) is 0. The monoisotopic (exact) mass is 290 g/mol. The molecular weight excluding hydrogens is 275 g/mol. The molecule has 0 bridgehead atoms. The third kappa shape index (κ3) is 4.00. The molecule has 0 aliphatic carbocycles. The predicted octanol–water partition coefficient (Wildman–Crippen LogP) is 3.29. The van der Waals surface area contributed by atoms with E-state index in [1.165, 1.54) is 24.3 Å². The van der Waals surface area contributed by atoms with Gasteiger partial charge < -0.3 is 10.4 Å². The molecule has 0 fully saturated rings. The molecule has 2 aromatic carbocycles. The van der Waals surface area contributed by atoms with Crippen molar-refractivity contribution in [3.05, 3.63) is 69.5 Å². The maximum absolute atomic E-state index is 13.2. The van der Waals surface area contributed by atoms with E-state index in [1.54, 1.807) is 12.1 Å². The molecule has 0 aliphatic heterocycles. The van der Waals surface area contributed by atoms with Crippen LogP contribution in [-0.4, -0.2) is 10.0 Å². The number of hydrogen-bond donors (Lipinski definition) is 2. The first-order valence-electron chi connectivity index (χ1n) is 6.42. The van der Waals surface area contributed by atoms with E-state index in [1.807, 2.05) is 6.92 Å². The summed E-state index contributed by atoms with van der Waals surface area (Å²) in [5, 5.41) is 23.2. The van der Waals surface area contributed by atoms with E-state index in [0.717, 1.165) is 11.6 Å². The van der Waals surface area contributed by atoms with Gasteiger partial charge in [-0.1, -0.05) is 12.1 Å². The number of hydrogen-bond acceptors (Lipinski definition) is 4. The molecular formula is C15H15FN2O3. The van der Waals surface area contributed by atoms with Gasteiger partial charge in [0.25, 0.3) is 5.69 Å². The van der Waals surface area contributed by atoms with Crippen molar-refractivity contribution in [3.8, 4) is 5.75 Å². The van der Waals surface area contributed by atoms with E-state index >= 15 is 0 Å². The minimum Gasteiger partial charge on any atom is -0.508 e. The molecule has 1 unspecified atom stereocenters. The molecule has 0 aromatic heterocycles. The zero-order valence-electron chi connectivity index (χ0n) is 11.4. The zero-order chi connectivity index (χ0) is 15.4. The number of aromatic hydroxyl groups is 1. The highest BCUT2D eigenvalue weighted by molar-refractivity contribution is 5.35. The average Bonchev–Trinajstić information content (AvgIpc) is 2.44. The van der Waals surface area contributed by atoms with Crippen molar-refractivity contribution in [2.45, 2.75) is 19.5 Å². The second-order valence-electron chi connectivity index (χ2n) is 4.77. The molecule has 0 saturated carbocycles. The van der Waals surface area contributed by atoms with Gasteiger partial charge in [0.2, 0.25) is 0 Å². The first-order valence-corrected chi connectivity index (χ1v) is 6.42. The number of halogens is 1. The quantitative estimate of drug-likeness (QED) is 0.654. The minimum atomic E-state index is -0.505. The molecule has 0 radical (unpaired) electrons. The normalized spacial score (nSPS) is 12.1. The third-order valence-electron chi connectivity index (χ3n) is 3.14. The number of nitro benzene ring substituents is 1. The number of nitrogens with one attached hydrogen (secondary N) is 1. The average molecular weight is 290 g/mol. The first kappa shape index (κ1) is 14.9. The van der Waals surface area contributed by atoms with E-state index < -0.39 is 10.7 Å². The Morgan fingerprint density at radius 3 is 2.76 bits per heavy atom. The largest absolute Gasteiger partial charge is 0.508 e.